The number of aromatic nitrogens is 2. The van der Waals surface area contributed by atoms with Crippen molar-refractivity contribution in [2.24, 2.45) is 7.05 Å². The molecule has 1 aromatic heterocycles. The van der Waals surface area contributed by atoms with Crippen LogP contribution in [0.4, 0.5) is 0 Å². The van der Waals surface area contributed by atoms with E-state index in [1.807, 2.05) is 0 Å². The number of likely N-dealkylation sites (tertiary alicyclic amines) is 1. The molecular weight excluding hydrogens is 234 g/mol. The first kappa shape index (κ1) is 12.6. The van der Waals surface area contributed by atoms with E-state index in [2.05, 4.69) is 4.98 Å². The molecule has 1 aromatic rings. The molecule has 0 aromatic carbocycles. The van der Waals surface area contributed by atoms with Crippen LogP contribution in [-0.4, -0.2) is 45.5 Å². The zero-order chi connectivity index (χ0) is 13.1. The maximum atomic E-state index is 12.3. The predicted molar refractivity (Wildman–Crippen MR) is 63.9 cm³/mol. The number of aryl methyl sites for hydroxylation is 1. The Bertz CT molecular complexity index is 455. The fourth-order valence-electron chi connectivity index (χ4n) is 2.20. The molecule has 0 saturated carbocycles. The van der Waals surface area contributed by atoms with Crippen molar-refractivity contribution in [3.8, 4) is 0 Å². The maximum Gasteiger partial charge on any atom is 0.328 e. The summed E-state index contributed by atoms with van der Waals surface area (Å²) in [5.74, 6) is -0.476. The summed E-state index contributed by atoms with van der Waals surface area (Å²) in [6, 6.07) is -0.452. The molecule has 6 heteroatoms. The van der Waals surface area contributed by atoms with Gasteiger partial charge in [0, 0.05) is 13.6 Å². The molecule has 1 aliphatic heterocycles. The minimum absolute atomic E-state index is 0.162. The molecule has 2 rings (SSSR count). The van der Waals surface area contributed by atoms with Crippen LogP contribution in [0.1, 0.15) is 30.3 Å². The van der Waals surface area contributed by atoms with E-state index in [0.717, 1.165) is 6.42 Å². The van der Waals surface area contributed by atoms with Crippen LogP contribution in [0.2, 0.25) is 0 Å². The van der Waals surface area contributed by atoms with Crippen molar-refractivity contribution >= 4 is 11.9 Å². The molecule has 1 saturated heterocycles. The molecule has 0 bridgehead atoms. The molecule has 1 atom stereocenters. The summed E-state index contributed by atoms with van der Waals surface area (Å²) in [5, 5.41) is 0. The van der Waals surface area contributed by atoms with Crippen LogP contribution in [0.15, 0.2) is 12.5 Å². The van der Waals surface area contributed by atoms with Gasteiger partial charge in [0.2, 0.25) is 0 Å². The van der Waals surface area contributed by atoms with Gasteiger partial charge in [-0.3, -0.25) is 4.79 Å². The zero-order valence-corrected chi connectivity index (χ0v) is 10.6. The van der Waals surface area contributed by atoms with E-state index in [9.17, 15) is 9.59 Å². The van der Waals surface area contributed by atoms with E-state index in [0.29, 0.717) is 25.3 Å². The van der Waals surface area contributed by atoms with E-state index < -0.39 is 6.04 Å². The van der Waals surface area contributed by atoms with Crippen molar-refractivity contribution in [1.82, 2.24) is 14.5 Å². The summed E-state index contributed by atoms with van der Waals surface area (Å²) in [6.07, 6.45) is 4.58. The fraction of sp³-hybridized carbons (Fsp3) is 0.583. The Labute approximate surface area is 106 Å². The average Bonchev–Trinajstić information content (AvgIpc) is 2.96. The lowest BCUT2D eigenvalue weighted by Crippen LogP contribution is -2.42. The molecule has 18 heavy (non-hydrogen) atoms. The molecule has 0 N–H and O–H groups in total. The summed E-state index contributed by atoms with van der Waals surface area (Å²) >= 11 is 0. The number of imidazole rings is 1. The van der Waals surface area contributed by atoms with Gasteiger partial charge in [-0.25, -0.2) is 9.78 Å². The summed E-state index contributed by atoms with van der Waals surface area (Å²) < 4.78 is 6.65. The quantitative estimate of drug-likeness (QED) is 0.737. The van der Waals surface area contributed by atoms with Crippen molar-refractivity contribution < 1.29 is 14.3 Å². The number of esters is 1. The number of amides is 1. The molecule has 6 nitrogen and oxygen atoms in total. The Morgan fingerprint density at radius 3 is 2.94 bits per heavy atom. The van der Waals surface area contributed by atoms with Crippen LogP contribution in [0, 0.1) is 0 Å². The number of nitrogens with zero attached hydrogens (tertiary/aromatic N) is 3. The third-order valence-electron chi connectivity index (χ3n) is 3.11. The Hall–Kier alpha value is -1.85. The average molecular weight is 251 g/mol. The Kier molecular flexibility index (Phi) is 3.64. The van der Waals surface area contributed by atoms with Crippen LogP contribution in [0.5, 0.6) is 0 Å². The van der Waals surface area contributed by atoms with Gasteiger partial charge in [-0.1, -0.05) is 0 Å². The first-order valence-corrected chi connectivity index (χ1v) is 6.09. The van der Waals surface area contributed by atoms with Gasteiger partial charge < -0.3 is 14.2 Å². The van der Waals surface area contributed by atoms with Gasteiger partial charge in [-0.2, -0.15) is 0 Å². The number of hydrogen-bond acceptors (Lipinski definition) is 4. The van der Waals surface area contributed by atoms with E-state index in [-0.39, 0.29) is 11.9 Å². The molecule has 1 unspecified atom stereocenters. The highest BCUT2D eigenvalue weighted by molar-refractivity contribution is 5.95. The largest absolute Gasteiger partial charge is 0.464 e. The van der Waals surface area contributed by atoms with E-state index in [1.165, 1.54) is 6.20 Å². The van der Waals surface area contributed by atoms with Gasteiger partial charge in [0.15, 0.2) is 0 Å². The highest BCUT2D eigenvalue weighted by atomic mass is 16.5. The summed E-state index contributed by atoms with van der Waals surface area (Å²) in [7, 11) is 1.76. The highest BCUT2D eigenvalue weighted by Gasteiger charge is 2.36. The van der Waals surface area contributed by atoms with Crippen LogP contribution < -0.4 is 0 Å². The topological polar surface area (TPSA) is 64.4 Å². The standard InChI is InChI=1S/C12H17N3O3/c1-3-18-12(17)9-5-4-6-15(9)11(16)10-7-13-8-14(10)2/h7-9H,3-6H2,1-2H3. The van der Waals surface area contributed by atoms with E-state index in [4.69, 9.17) is 4.74 Å². The Balaban J connectivity index is 2.15. The molecule has 0 spiro atoms. The monoisotopic (exact) mass is 251 g/mol. The number of carbonyl (C=O) groups is 2. The van der Waals surface area contributed by atoms with Gasteiger partial charge in [-0.15, -0.1) is 0 Å². The number of rotatable bonds is 3. The van der Waals surface area contributed by atoms with Gasteiger partial charge in [0.1, 0.15) is 11.7 Å². The Morgan fingerprint density at radius 2 is 2.33 bits per heavy atom. The molecule has 1 aliphatic rings. The fourth-order valence-corrected chi connectivity index (χ4v) is 2.20. The molecule has 98 valence electrons. The highest BCUT2D eigenvalue weighted by Crippen LogP contribution is 2.21. The van der Waals surface area contributed by atoms with Crippen LogP contribution >= 0.6 is 0 Å². The smallest absolute Gasteiger partial charge is 0.328 e. The third kappa shape index (κ3) is 2.23. The lowest BCUT2D eigenvalue weighted by atomic mass is 10.2. The van der Waals surface area contributed by atoms with Crippen LogP contribution in [0.3, 0.4) is 0 Å². The first-order valence-electron chi connectivity index (χ1n) is 6.09. The number of hydrogen-bond donors (Lipinski definition) is 0. The lowest BCUT2D eigenvalue weighted by Gasteiger charge is -2.22. The normalized spacial score (nSPS) is 19.0. The van der Waals surface area contributed by atoms with E-state index in [1.54, 1.807) is 29.8 Å². The van der Waals surface area contributed by atoms with Crippen molar-refractivity contribution in [3.05, 3.63) is 18.2 Å². The number of ether oxygens (including phenoxy) is 1. The molecule has 1 fully saturated rings. The Morgan fingerprint density at radius 1 is 1.56 bits per heavy atom. The third-order valence-corrected chi connectivity index (χ3v) is 3.11. The molecular formula is C12H17N3O3. The SMILES string of the molecule is CCOC(=O)C1CCCN1C(=O)c1cncn1C. The second kappa shape index (κ2) is 5.20. The second-order valence-electron chi connectivity index (χ2n) is 4.30. The molecule has 1 amide bonds. The van der Waals surface area contributed by atoms with Crippen molar-refractivity contribution in [2.45, 2.75) is 25.8 Å². The summed E-state index contributed by atoms with van der Waals surface area (Å²) in [5.41, 5.74) is 0.492. The van der Waals surface area contributed by atoms with Crippen molar-refractivity contribution in [3.63, 3.8) is 0 Å². The van der Waals surface area contributed by atoms with Crippen molar-refractivity contribution in [1.29, 1.82) is 0 Å². The predicted octanol–water partition coefficient (Wildman–Crippen LogP) is 0.588. The molecule has 0 aliphatic carbocycles. The van der Waals surface area contributed by atoms with Crippen LogP contribution in [0.25, 0.3) is 0 Å². The second-order valence-corrected chi connectivity index (χ2v) is 4.30. The van der Waals surface area contributed by atoms with Gasteiger partial charge in [0.05, 0.1) is 19.1 Å². The maximum absolute atomic E-state index is 12.3. The van der Waals surface area contributed by atoms with Gasteiger partial charge in [-0.05, 0) is 19.8 Å². The van der Waals surface area contributed by atoms with Gasteiger partial charge in [0.25, 0.3) is 5.91 Å². The van der Waals surface area contributed by atoms with E-state index >= 15 is 0 Å². The van der Waals surface area contributed by atoms with Gasteiger partial charge >= 0.3 is 5.97 Å². The number of carbonyl (C=O) groups excluding carboxylic acids is 2. The first-order chi connectivity index (χ1) is 8.65. The summed E-state index contributed by atoms with van der Waals surface area (Å²) in [4.78, 5) is 29.6. The molecule has 2 heterocycles. The van der Waals surface area contributed by atoms with Crippen molar-refractivity contribution in [2.75, 3.05) is 13.2 Å². The lowest BCUT2D eigenvalue weighted by molar-refractivity contribution is -0.147. The molecule has 0 radical (unpaired) electrons. The van der Waals surface area contributed by atoms with Crippen LogP contribution in [-0.2, 0) is 16.6 Å². The summed E-state index contributed by atoms with van der Waals surface area (Å²) in [6.45, 7) is 2.69. The zero-order valence-electron chi connectivity index (χ0n) is 10.6. The minimum Gasteiger partial charge on any atom is -0.464 e. The minimum atomic E-state index is -0.452.